The minimum absolute atomic E-state index is 0.293. The lowest BCUT2D eigenvalue weighted by molar-refractivity contribution is 0.626. The lowest BCUT2D eigenvalue weighted by Crippen LogP contribution is -2.03. The molecule has 0 saturated carbocycles. The first-order valence-corrected chi connectivity index (χ1v) is 4.09. The lowest BCUT2D eigenvalue weighted by atomic mass is 10.0. The smallest absolute Gasteiger partial charge is 0.124 e. The molecule has 2 N–H and O–H groups in total. The summed E-state index contributed by atoms with van der Waals surface area (Å²) < 4.78 is 13.0. The summed E-state index contributed by atoms with van der Waals surface area (Å²) in [5.41, 5.74) is 2.64. The third kappa shape index (κ3) is 1.86. The fourth-order valence-corrected chi connectivity index (χ4v) is 1.37. The van der Waals surface area contributed by atoms with E-state index in [1.54, 1.807) is 14.0 Å². The molecule has 2 nitrogen and oxygen atoms in total. The SMILES string of the molecule is CNc1c(C)cc(F)cc1C(C)=N. The molecule has 1 aromatic carbocycles. The Hall–Kier alpha value is -1.38. The molecule has 0 saturated heterocycles. The van der Waals surface area contributed by atoms with Gasteiger partial charge >= 0.3 is 0 Å². The van der Waals surface area contributed by atoms with E-state index in [2.05, 4.69) is 5.32 Å². The molecule has 0 unspecified atom stereocenters. The maximum atomic E-state index is 13.0. The highest BCUT2D eigenvalue weighted by molar-refractivity contribution is 6.01. The molecule has 0 aliphatic heterocycles. The van der Waals surface area contributed by atoms with Crippen LogP contribution < -0.4 is 5.32 Å². The van der Waals surface area contributed by atoms with E-state index >= 15 is 0 Å². The number of hydrogen-bond donors (Lipinski definition) is 2. The largest absolute Gasteiger partial charge is 0.387 e. The number of halogens is 1. The van der Waals surface area contributed by atoms with Gasteiger partial charge in [-0.15, -0.1) is 0 Å². The van der Waals surface area contributed by atoms with Gasteiger partial charge in [0.05, 0.1) is 0 Å². The monoisotopic (exact) mass is 180 g/mol. The van der Waals surface area contributed by atoms with Crippen LogP contribution in [-0.4, -0.2) is 12.8 Å². The molecule has 1 aromatic rings. The van der Waals surface area contributed by atoms with Crippen LogP contribution in [0.4, 0.5) is 10.1 Å². The van der Waals surface area contributed by atoms with Gasteiger partial charge in [-0.3, -0.25) is 0 Å². The fourth-order valence-electron chi connectivity index (χ4n) is 1.37. The zero-order chi connectivity index (χ0) is 10.0. The van der Waals surface area contributed by atoms with Crippen molar-refractivity contribution in [3.63, 3.8) is 0 Å². The van der Waals surface area contributed by atoms with Crippen molar-refractivity contribution in [2.75, 3.05) is 12.4 Å². The zero-order valence-corrected chi connectivity index (χ0v) is 8.03. The molecule has 0 radical (unpaired) electrons. The maximum absolute atomic E-state index is 13.0. The fraction of sp³-hybridized carbons (Fsp3) is 0.300. The van der Waals surface area contributed by atoms with Gasteiger partial charge in [-0.1, -0.05) is 0 Å². The average molecular weight is 180 g/mol. The zero-order valence-electron chi connectivity index (χ0n) is 8.03. The van der Waals surface area contributed by atoms with E-state index in [0.717, 1.165) is 11.3 Å². The van der Waals surface area contributed by atoms with Gasteiger partial charge in [-0.05, 0) is 31.5 Å². The van der Waals surface area contributed by atoms with E-state index in [0.29, 0.717) is 11.3 Å². The van der Waals surface area contributed by atoms with E-state index in [4.69, 9.17) is 5.41 Å². The third-order valence-corrected chi connectivity index (χ3v) is 1.95. The van der Waals surface area contributed by atoms with E-state index in [-0.39, 0.29) is 5.82 Å². The Labute approximate surface area is 77.3 Å². The van der Waals surface area contributed by atoms with Gasteiger partial charge < -0.3 is 10.7 Å². The van der Waals surface area contributed by atoms with Crippen LogP contribution in [0.25, 0.3) is 0 Å². The van der Waals surface area contributed by atoms with Gasteiger partial charge in [0.25, 0.3) is 0 Å². The predicted molar refractivity (Wildman–Crippen MR) is 53.2 cm³/mol. The minimum atomic E-state index is -0.293. The highest BCUT2D eigenvalue weighted by Crippen LogP contribution is 2.22. The van der Waals surface area contributed by atoms with Gasteiger partial charge in [0.15, 0.2) is 0 Å². The van der Waals surface area contributed by atoms with Crippen molar-refractivity contribution in [1.82, 2.24) is 0 Å². The standard InChI is InChI=1S/C10H13FN2/c1-6-4-8(11)5-9(7(2)12)10(6)13-3/h4-5,12-13H,1-3H3. The summed E-state index contributed by atoms with van der Waals surface area (Å²) in [6.45, 7) is 3.47. The molecule has 0 amide bonds. The van der Waals surface area contributed by atoms with Crippen LogP contribution in [0.1, 0.15) is 18.1 Å². The van der Waals surface area contributed by atoms with Crippen molar-refractivity contribution in [1.29, 1.82) is 5.41 Å². The molecule has 0 aliphatic rings. The van der Waals surface area contributed by atoms with Crippen LogP contribution in [0.5, 0.6) is 0 Å². The van der Waals surface area contributed by atoms with Crippen molar-refractivity contribution < 1.29 is 4.39 Å². The van der Waals surface area contributed by atoms with Crippen molar-refractivity contribution >= 4 is 11.4 Å². The van der Waals surface area contributed by atoms with Gasteiger partial charge in [0.1, 0.15) is 5.82 Å². The normalized spacial score (nSPS) is 9.85. The first-order valence-electron chi connectivity index (χ1n) is 4.09. The summed E-state index contributed by atoms with van der Waals surface area (Å²) in [5.74, 6) is -0.293. The Morgan fingerprint density at radius 1 is 1.46 bits per heavy atom. The molecule has 13 heavy (non-hydrogen) atoms. The molecular weight excluding hydrogens is 167 g/mol. The highest BCUT2D eigenvalue weighted by Gasteiger charge is 2.08. The molecule has 0 fully saturated rings. The minimum Gasteiger partial charge on any atom is -0.387 e. The summed E-state index contributed by atoms with van der Waals surface area (Å²) in [7, 11) is 1.77. The molecule has 3 heteroatoms. The summed E-state index contributed by atoms with van der Waals surface area (Å²) in [6.07, 6.45) is 0. The quantitative estimate of drug-likeness (QED) is 0.674. The lowest BCUT2D eigenvalue weighted by Gasteiger charge is -2.11. The first-order chi connectivity index (χ1) is 6.06. The number of anilines is 1. The molecule has 0 aliphatic carbocycles. The second kappa shape index (κ2) is 3.56. The summed E-state index contributed by atoms with van der Waals surface area (Å²) in [5, 5.41) is 10.4. The van der Waals surface area contributed by atoms with Gasteiger partial charge in [-0.2, -0.15) is 0 Å². The Balaban J connectivity index is 3.38. The van der Waals surface area contributed by atoms with Crippen molar-refractivity contribution in [2.24, 2.45) is 0 Å². The van der Waals surface area contributed by atoms with Crippen LogP contribution in [0.15, 0.2) is 12.1 Å². The Morgan fingerprint density at radius 3 is 2.54 bits per heavy atom. The molecule has 0 heterocycles. The predicted octanol–water partition coefficient (Wildman–Crippen LogP) is 2.56. The van der Waals surface area contributed by atoms with Gasteiger partial charge in [0, 0.05) is 24.0 Å². The number of rotatable bonds is 2. The van der Waals surface area contributed by atoms with E-state index in [1.165, 1.54) is 12.1 Å². The third-order valence-electron chi connectivity index (χ3n) is 1.95. The number of hydrogen-bond acceptors (Lipinski definition) is 2. The molecular formula is C10H13FN2. The Kier molecular flexibility index (Phi) is 2.66. The summed E-state index contributed by atoms with van der Waals surface area (Å²) >= 11 is 0. The van der Waals surface area contributed by atoms with Crippen LogP contribution in [0, 0.1) is 18.2 Å². The number of benzene rings is 1. The van der Waals surface area contributed by atoms with Crippen molar-refractivity contribution in [3.8, 4) is 0 Å². The number of nitrogens with one attached hydrogen (secondary N) is 2. The van der Waals surface area contributed by atoms with Gasteiger partial charge in [0.2, 0.25) is 0 Å². The molecule has 0 aromatic heterocycles. The van der Waals surface area contributed by atoms with Crippen LogP contribution >= 0.6 is 0 Å². The second-order valence-corrected chi connectivity index (χ2v) is 3.02. The molecule has 0 spiro atoms. The van der Waals surface area contributed by atoms with E-state index in [1.807, 2.05) is 6.92 Å². The highest BCUT2D eigenvalue weighted by atomic mass is 19.1. The van der Waals surface area contributed by atoms with E-state index < -0.39 is 0 Å². The molecule has 0 bridgehead atoms. The number of aryl methyl sites for hydroxylation is 1. The van der Waals surface area contributed by atoms with E-state index in [9.17, 15) is 4.39 Å². The van der Waals surface area contributed by atoms with Crippen LogP contribution in [-0.2, 0) is 0 Å². The Bertz CT molecular complexity index is 345. The Morgan fingerprint density at radius 2 is 2.08 bits per heavy atom. The van der Waals surface area contributed by atoms with Crippen LogP contribution in [0.3, 0.4) is 0 Å². The summed E-state index contributed by atoms with van der Waals surface area (Å²) in [6, 6.07) is 2.83. The van der Waals surface area contributed by atoms with Gasteiger partial charge in [-0.25, -0.2) is 4.39 Å². The maximum Gasteiger partial charge on any atom is 0.124 e. The summed E-state index contributed by atoms with van der Waals surface area (Å²) in [4.78, 5) is 0. The topological polar surface area (TPSA) is 35.9 Å². The van der Waals surface area contributed by atoms with Crippen molar-refractivity contribution in [3.05, 3.63) is 29.1 Å². The van der Waals surface area contributed by atoms with Crippen molar-refractivity contribution in [2.45, 2.75) is 13.8 Å². The first kappa shape index (κ1) is 9.71. The average Bonchev–Trinajstić information content (AvgIpc) is 2.02. The van der Waals surface area contributed by atoms with Crippen LogP contribution in [0.2, 0.25) is 0 Å². The molecule has 70 valence electrons. The molecule has 1 rings (SSSR count). The second-order valence-electron chi connectivity index (χ2n) is 3.02. The molecule has 0 atom stereocenters.